The Morgan fingerprint density at radius 3 is 2.74 bits per heavy atom. The second kappa shape index (κ2) is 8.64. The number of nitrogens with zero attached hydrogens (tertiary/aromatic N) is 5. The molecule has 3 aromatic rings. The van der Waals surface area contributed by atoms with Crippen molar-refractivity contribution in [2.75, 3.05) is 18.7 Å². The SMILES string of the molecule is COc1ccc(C2=NN(C(=O)CSc3nnc(C)c(=O)n3N)[C@H](c3ccco3)C2)cc1. The Morgan fingerprint density at radius 2 is 2.06 bits per heavy atom. The van der Waals surface area contributed by atoms with Crippen LogP contribution in [0.5, 0.6) is 5.75 Å². The number of benzene rings is 1. The predicted octanol–water partition coefficient (Wildman–Crippen LogP) is 1.73. The Kier molecular flexibility index (Phi) is 5.76. The normalized spacial score (nSPS) is 15.7. The Balaban J connectivity index is 1.56. The number of carbonyl (C=O) groups excluding carboxylic acids is 1. The summed E-state index contributed by atoms with van der Waals surface area (Å²) in [5.74, 6) is 6.83. The minimum atomic E-state index is -0.459. The van der Waals surface area contributed by atoms with Crippen LogP contribution in [0, 0.1) is 6.92 Å². The second-order valence-corrected chi connectivity index (χ2v) is 7.72. The number of aryl methyl sites for hydroxylation is 1. The second-order valence-electron chi connectivity index (χ2n) is 6.78. The van der Waals surface area contributed by atoms with Gasteiger partial charge < -0.3 is 15.0 Å². The summed E-state index contributed by atoms with van der Waals surface area (Å²) in [6.45, 7) is 1.52. The van der Waals surface area contributed by atoms with Crippen molar-refractivity contribution in [2.24, 2.45) is 5.10 Å². The molecule has 31 heavy (non-hydrogen) atoms. The van der Waals surface area contributed by atoms with E-state index in [0.717, 1.165) is 33.5 Å². The van der Waals surface area contributed by atoms with Gasteiger partial charge >= 0.3 is 0 Å². The molecule has 1 amide bonds. The number of amides is 1. The minimum Gasteiger partial charge on any atom is -0.497 e. The number of hydrazone groups is 1. The standard InChI is InChI=1S/C20H20N6O4S/c1-12-19(28)25(21)20(23-22-12)31-11-18(27)26-16(17-4-3-9-30-17)10-15(24-26)13-5-7-14(29-2)8-6-13/h3-9,16H,10-11,21H2,1-2H3/t16-/m0/s1. The Morgan fingerprint density at radius 1 is 1.29 bits per heavy atom. The van der Waals surface area contributed by atoms with E-state index >= 15 is 0 Å². The maximum Gasteiger partial charge on any atom is 0.294 e. The molecule has 0 spiro atoms. The van der Waals surface area contributed by atoms with E-state index in [1.54, 1.807) is 19.4 Å². The van der Waals surface area contributed by atoms with E-state index < -0.39 is 5.56 Å². The zero-order valence-corrected chi connectivity index (χ0v) is 17.7. The first kappa shape index (κ1) is 20.7. The summed E-state index contributed by atoms with van der Waals surface area (Å²) >= 11 is 1.02. The summed E-state index contributed by atoms with van der Waals surface area (Å²) in [7, 11) is 1.60. The molecule has 4 rings (SSSR count). The average molecular weight is 440 g/mol. The van der Waals surface area contributed by atoms with Gasteiger partial charge in [0.1, 0.15) is 23.2 Å². The highest BCUT2D eigenvalue weighted by atomic mass is 32.2. The topological polar surface area (TPSA) is 129 Å². The molecular formula is C20H20N6O4S. The van der Waals surface area contributed by atoms with Crippen LogP contribution in [0.1, 0.15) is 29.5 Å². The Bertz CT molecular complexity index is 1170. The van der Waals surface area contributed by atoms with Crippen LogP contribution in [0.2, 0.25) is 0 Å². The van der Waals surface area contributed by atoms with Crippen LogP contribution >= 0.6 is 11.8 Å². The van der Waals surface area contributed by atoms with Crippen molar-refractivity contribution in [1.82, 2.24) is 19.9 Å². The molecule has 0 unspecified atom stereocenters. The molecule has 1 aromatic carbocycles. The molecule has 0 bridgehead atoms. The summed E-state index contributed by atoms with van der Waals surface area (Å²) in [5, 5.41) is 13.8. The van der Waals surface area contributed by atoms with E-state index in [4.69, 9.17) is 15.0 Å². The lowest BCUT2D eigenvalue weighted by Crippen LogP contribution is -2.33. The first-order chi connectivity index (χ1) is 15.0. The third-order valence-electron chi connectivity index (χ3n) is 4.81. The van der Waals surface area contributed by atoms with Gasteiger partial charge in [0.25, 0.3) is 11.5 Å². The lowest BCUT2D eigenvalue weighted by atomic mass is 10.0. The Labute approximate surface area is 181 Å². The number of nitrogens with two attached hydrogens (primary N) is 1. The molecule has 0 saturated carbocycles. The minimum absolute atomic E-state index is 0.0228. The number of furan rings is 1. The van der Waals surface area contributed by atoms with E-state index in [1.807, 2.05) is 30.3 Å². The zero-order chi connectivity index (χ0) is 22.0. The number of aromatic nitrogens is 3. The number of hydrogen-bond acceptors (Lipinski definition) is 9. The summed E-state index contributed by atoms with van der Waals surface area (Å²) in [6.07, 6.45) is 2.06. The number of hydrogen-bond donors (Lipinski definition) is 1. The van der Waals surface area contributed by atoms with Gasteiger partial charge in [-0.1, -0.05) is 11.8 Å². The highest BCUT2D eigenvalue weighted by molar-refractivity contribution is 7.99. The number of methoxy groups -OCH3 is 1. The van der Waals surface area contributed by atoms with Crippen molar-refractivity contribution in [3.8, 4) is 5.75 Å². The first-order valence-corrected chi connectivity index (χ1v) is 10.4. The summed E-state index contributed by atoms with van der Waals surface area (Å²) in [5.41, 5.74) is 1.37. The largest absolute Gasteiger partial charge is 0.497 e. The van der Waals surface area contributed by atoms with E-state index in [-0.39, 0.29) is 28.6 Å². The monoisotopic (exact) mass is 440 g/mol. The molecule has 3 heterocycles. The van der Waals surface area contributed by atoms with Crippen LogP contribution in [-0.4, -0.2) is 44.4 Å². The van der Waals surface area contributed by atoms with Crippen LogP contribution < -0.4 is 16.1 Å². The maximum absolute atomic E-state index is 13.0. The molecule has 0 fully saturated rings. The molecule has 0 saturated heterocycles. The summed E-state index contributed by atoms with van der Waals surface area (Å²) in [6, 6.07) is 10.7. The first-order valence-electron chi connectivity index (χ1n) is 9.39. The third kappa shape index (κ3) is 4.17. The van der Waals surface area contributed by atoms with Crippen molar-refractivity contribution < 1.29 is 13.9 Å². The number of rotatable bonds is 6. The maximum atomic E-state index is 13.0. The Hall–Kier alpha value is -3.60. The third-order valence-corrected chi connectivity index (χ3v) is 5.73. The fourth-order valence-corrected chi connectivity index (χ4v) is 3.87. The van der Waals surface area contributed by atoms with Gasteiger partial charge in [-0.2, -0.15) is 9.78 Å². The van der Waals surface area contributed by atoms with Crippen molar-refractivity contribution in [1.29, 1.82) is 0 Å². The van der Waals surface area contributed by atoms with Gasteiger partial charge in [0.05, 0.1) is 24.8 Å². The van der Waals surface area contributed by atoms with Gasteiger partial charge in [-0.25, -0.2) is 5.01 Å². The lowest BCUT2D eigenvalue weighted by molar-refractivity contribution is -0.130. The van der Waals surface area contributed by atoms with Crippen LogP contribution in [0.3, 0.4) is 0 Å². The summed E-state index contributed by atoms with van der Waals surface area (Å²) < 4.78 is 11.6. The molecule has 11 heteroatoms. The van der Waals surface area contributed by atoms with Crippen LogP contribution in [0.15, 0.2) is 62.1 Å². The molecule has 1 aliphatic rings. The molecule has 2 N–H and O–H groups in total. The van der Waals surface area contributed by atoms with Crippen molar-refractivity contribution >= 4 is 23.4 Å². The highest BCUT2D eigenvalue weighted by Gasteiger charge is 2.35. The van der Waals surface area contributed by atoms with Gasteiger partial charge in [-0.3, -0.25) is 9.59 Å². The van der Waals surface area contributed by atoms with Crippen molar-refractivity contribution in [2.45, 2.75) is 24.5 Å². The molecular weight excluding hydrogens is 420 g/mol. The average Bonchev–Trinajstić information content (AvgIpc) is 3.47. The van der Waals surface area contributed by atoms with Gasteiger partial charge in [0.15, 0.2) is 0 Å². The van der Waals surface area contributed by atoms with Crippen LogP contribution in [0.25, 0.3) is 0 Å². The van der Waals surface area contributed by atoms with Crippen LogP contribution in [-0.2, 0) is 4.79 Å². The highest BCUT2D eigenvalue weighted by Crippen LogP contribution is 2.34. The van der Waals surface area contributed by atoms with Gasteiger partial charge in [-0.05, 0) is 48.9 Å². The molecule has 0 radical (unpaired) electrons. The number of thioether (sulfide) groups is 1. The number of carbonyl (C=O) groups is 1. The molecule has 1 atom stereocenters. The molecule has 1 aliphatic heterocycles. The molecule has 160 valence electrons. The van der Waals surface area contributed by atoms with Gasteiger partial charge in [0.2, 0.25) is 5.16 Å². The smallest absolute Gasteiger partial charge is 0.294 e. The van der Waals surface area contributed by atoms with Gasteiger partial charge in [-0.15, -0.1) is 10.2 Å². The zero-order valence-electron chi connectivity index (χ0n) is 16.9. The van der Waals surface area contributed by atoms with Crippen molar-refractivity contribution in [3.05, 3.63) is 70.0 Å². The van der Waals surface area contributed by atoms with Gasteiger partial charge in [0, 0.05) is 6.42 Å². The fraction of sp³-hybridized carbons (Fsp3) is 0.250. The molecule has 10 nitrogen and oxygen atoms in total. The van der Waals surface area contributed by atoms with Crippen molar-refractivity contribution in [3.63, 3.8) is 0 Å². The fourth-order valence-electron chi connectivity index (χ4n) is 3.16. The van der Waals surface area contributed by atoms with E-state index in [2.05, 4.69) is 15.3 Å². The predicted molar refractivity (Wildman–Crippen MR) is 114 cm³/mol. The van der Waals surface area contributed by atoms with E-state index in [9.17, 15) is 9.59 Å². The molecule has 2 aromatic heterocycles. The summed E-state index contributed by atoms with van der Waals surface area (Å²) in [4.78, 5) is 25.0. The molecule has 0 aliphatic carbocycles. The number of nitrogen functional groups attached to an aromatic ring is 1. The quantitative estimate of drug-likeness (QED) is 0.453. The number of ether oxygens (including phenoxy) is 1. The lowest BCUT2D eigenvalue weighted by Gasteiger charge is -2.19. The van der Waals surface area contributed by atoms with Crippen LogP contribution in [0.4, 0.5) is 0 Å². The van der Waals surface area contributed by atoms with E-state index in [0.29, 0.717) is 12.2 Å². The van der Waals surface area contributed by atoms with E-state index in [1.165, 1.54) is 11.9 Å².